The van der Waals surface area contributed by atoms with Gasteiger partial charge in [-0.25, -0.2) is 0 Å². The number of thiophene rings is 1. The van der Waals surface area contributed by atoms with Crippen molar-refractivity contribution < 1.29 is 5.11 Å². The molecule has 1 atom stereocenters. The number of hydrogen-bond acceptors (Lipinski definition) is 3. The molecule has 2 nitrogen and oxygen atoms in total. The lowest BCUT2D eigenvalue weighted by Gasteiger charge is -2.50. The quantitative estimate of drug-likeness (QED) is 0.915. The van der Waals surface area contributed by atoms with Gasteiger partial charge in [0, 0.05) is 11.4 Å². The van der Waals surface area contributed by atoms with Gasteiger partial charge in [0.1, 0.15) is 5.60 Å². The highest BCUT2D eigenvalue weighted by Gasteiger charge is 2.46. The van der Waals surface area contributed by atoms with E-state index in [1.807, 2.05) is 0 Å². The molecular weight excluding hydrogens is 266 g/mol. The van der Waals surface area contributed by atoms with Crippen molar-refractivity contribution in [3.05, 3.63) is 47.3 Å². The van der Waals surface area contributed by atoms with E-state index in [9.17, 15) is 5.11 Å². The minimum atomic E-state index is -0.634. The molecule has 5 rings (SSSR count). The summed E-state index contributed by atoms with van der Waals surface area (Å²) in [5, 5.41) is 13.2. The highest BCUT2D eigenvalue weighted by atomic mass is 32.1. The van der Waals surface area contributed by atoms with Crippen LogP contribution in [-0.4, -0.2) is 29.6 Å². The second kappa shape index (κ2) is 4.69. The Morgan fingerprint density at radius 3 is 2.40 bits per heavy atom. The Morgan fingerprint density at radius 1 is 1.10 bits per heavy atom. The van der Waals surface area contributed by atoms with Crippen molar-refractivity contribution in [2.24, 2.45) is 5.92 Å². The van der Waals surface area contributed by atoms with Gasteiger partial charge in [-0.15, -0.1) is 11.3 Å². The number of nitrogens with zero attached hydrogens (tertiary/aromatic N) is 1. The zero-order chi connectivity index (χ0) is 13.6. The Bertz CT molecular complexity index is 584. The molecule has 3 heteroatoms. The normalized spacial score (nSPS) is 32.5. The third-order valence-electron chi connectivity index (χ3n) is 4.92. The summed E-state index contributed by atoms with van der Waals surface area (Å²) in [6.45, 7) is 3.11. The lowest BCUT2D eigenvalue weighted by Crippen LogP contribution is -2.57. The molecule has 3 fully saturated rings. The first-order valence-corrected chi connectivity index (χ1v) is 8.23. The summed E-state index contributed by atoms with van der Waals surface area (Å²) in [4.78, 5) is 3.69. The molecule has 3 aliphatic heterocycles. The molecule has 1 aromatic heterocycles. The molecule has 2 aromatic rings. The number of benzene rings is 1. The smallest absolute Gasteiger partial charge is 0.105 e. The molecule has 0 spiro atoms. The molecule has 2 bridgehead atoms. The minimum absolute atomic E-state index is 0.431. The molecular formula is C17H19NOS. The largest absolute Gasteiger partial charge is 0.384 e. The number of rotatable bonds is 2. The first-order chi connectivity index (χ1) is 9.75. The summed E-state index contributed by atoms with van der Waals surface area (Å²) < 4.78 is 0. The Hall–Kier alpha value is -1.16. The van der Waals surface area contributed by atoms with Crippen molar-refractivity contribution in [3.63, 3.8) is 0 Å². The second-order valence-electron chi connectivity index (χ2n) is 6.03. The number of aliphatic hydroxyl groups is 1. The average Bonchev–Trinajstić information content (AvgIpc) is 3.03. The Balaban J connectivity index is 1.66. The highest BCUT2D eigenvalue weighted by molar-refractivity contribution is 7.13. The van der Waals surface area contributed by atoms with Gasteiger partial charge in [-0.1, -0.05) is 30.3 Å². The standard InChI is InChI=1S/C17H19NOS/c19-17(12-18-9-7-15(17)8-10-18)14-5-3-13(4-6-14)16-2-1-11-20-16/h1-6,11,15,19H,7-10,12H2. The molecule has 3 saturated heterocycles. The molecule has 104 valence electrons. The maximum Gasteiger partial charge on any atom is 0.105 e. The van der Waals surface area contributed by atoms with Crippen LogP contribution in [0.2, 0.25) is 0 Å². The first-order valence-electron chi connectivity index (χ1n) is 7.35. The van der Waals surface area contributed by atoms with Crippen LogP contribution < -0.4 is 0 Å². The summed E-state index contributed by atoms with van der Waals surface area (Å²) in [5.41, 5.74) is 1.70. The molecule has 4 heterocycles. The molecule has 20 heavy (non-hydrogen) atoms. The van der Waals surface area contributed by atoms with Gasteiger partial charge in [0.2, 0.25) is 0 Å². The lowest BCUT2D eigenvalue weighted by atomic mass is 9.71. The predicted molar refractivity (Wildman–Crippen MR) is 82.8 cm³/mol. The van der Waals surface area contributed by atoms with Gasteiger partial charge in [0.05, 0.1) is 0 Å². The van der Waals surface area contributed by atoms with E-state index in [-0.39, 0.29) is 0 Å². The summed E-state index contributed by atoms with van der Waals surface area (Å²) in [6.07, 6.45) is 2.26. The maximum absolute atomic E-state index is 11.1. The van der Waals surface area contributed by atoms with E-state index in [0.717, 1.165) is 38.0 Å². The van der Waals surface area contributed by atoms with E-state index in [2.05, 4.69) is 46.7 Å². The average molecular weight is 285 g/mol. The Morgan fingerprint density at radius 2 is 1.85 bits per heavy atom. The molecule has 1 unspecified atom stereocenters. The Kier molecular flexibility index (Phi) is 2.95. The van der Waals surface area contributed by atoms with Crippen molar-refractivity contribution in [1.29, 1.82) is 0 Å². The second-order valence-corrected chi connectivity index (χ2v) is 6.98. The van der Waals surface area contributed by atoms with E-state index < -0.39 is 5.60 Å². The van der Waals surface area contributed by atoms with Gasteiger partial charge < -0.3 is 10.0 Å². The van der Waals surface area contributed by atoms with Gasteiger partial charge in [0.15, 0.2) is 0 Å². The maximum atomic E-state index is 11.1. The van der Waals surface area contributed by atoms with Gasteiger partial charge in [-0.05, 0) is 54.4 Å². The monoisotopic (exact) mass is 285 g/mol. The van der Waals surface area contributed by atoms with Crippen LogP contribution in [-0.2, 0) is 5.60 Å². The van der Waals surface area contributed by atoms with Crippen LogP contribution in [0, 0.1) is 5.92 Å². The molecule has 3 aliphatic rings. The number of hydrogen-bond donors (Lipinski definition) is 1. The third kappa shape index (κ3) is 1.93. The summed E-state index contributed by atoms with van der Waals surface area (Å²) in [7, 11) is 0. The van der Waals surface area contributed by atoms with E-state index in [1.165, 1.54) is 10.4 Å². The Labute approximate surface area is 123 Å². The van der Waals surface area contributed by atoms with E-state index in [0.29, 0.717) is 5.92 Å². The molecule has 0 saturated carbocycles. The van der Waals surface area contributed by atoms with Crippen molar-refractivity contribution in [1.82, 2.24) is 4.90 Å². The van der Waals surface area contributed by atoms with Crippen LogP contribution in [0.5, 0.6) is 0 Å². The van der Waals surface area contributed by atoms with E-state index in [4.69, 9.17) is 0 Å². The van der Waals surface area contributed by atoms with Crippen LogP contribution in [0.4, 0.5) is 0 Å². The van der Waals surface area contributed by atoms with Gasteiger partial charge in [-0.3, -0.25) is 0 Å². The topological polar surface area (TPSA) is 23.5 Å². The van der Waals surface area contributed by atoms with Crippen LogP contribution in [0.3, 0.4) is 0 Å². The molecule has 1 N–H and O–H groups in total. The fraction of sp³-hybridized carbons (Fsp3) is 0.412. The molecule has 0 aliphatic carbocycles. The van der Waals surface area contributed by atoms with Crippen molar-refractivity contribution in [2.75, 3.05) is 19.6 Å². The highest BCUT2D eigenvalue weighted by Crippen LogP contribution is 2.42. The third-order valence-corrected chi connectivity index (χ3v) is 5.84. The van der Waals surface area contributed by atoms with Crippen LogP contribution in [0.25, 0.3) is 10.4 Å². The minimum Gasteiger partial charge on any atom is -0.384 e. The molecule has 0 amide bonds. The fourth-order valence-corrected chi connectivity index (χ4v) is 4.46. The predicted octanol–water partition coefficient (Wildman–Crippen LogP) is 3.33. The SMILES string of the molecule is OC1(c2ccc(-c3cccs3)cc2)CN2CCC1CC2. The zero-order valence-corrected chi connectivity index (χ0v) is 12.3. The molecule has 1 aromatic carbocycles. The van der Waals surface area contributed by atoms with Crippen molar-refractivity contribution >= 4 is 11.3 Å². The summed E-state index contributed by atoms with van der Waals surface area (Å²) in [5.74, 6) is 0.431. The van der Waals surface area contributed by atoms with Crippen LogP contribution >= 0.6 is 11.3 Å². The van der Waals surface area contributed by atoms with E-state index in [1.54, 1.807) is 11.3 Å². The van der Waals surface area contributed by atoms with Crippen LogP contribution in [0.15, 0.2) is 41.8 Å². The lowest BCUT2D eigenvalue weighted by molar-refractivity contribution is -0.117. The zero-order valence-electron chi connectivity index (χ0n) is 11.5. The van der Waals surface area contributed by atoms with Crippen molar-refractivity contribution in [3.8, 4) is 10.4 Å². The number of piperidine rings is 3. The fourth-order valence-electron chi connectivity index (χ4n) is 3.73. The van der Waals surface area contributed by atoms with Crippen LogP contribution in [0.1, 0.15) is 18.4 Å². The van der Waals surface area contributed by atoms with Gasteiger partial charge >= 0.3 is 0 Å². The summed E-state index contributed by atoms with van der Waals surface area (Å²) in [6, 6.07) is 12.8. The van der Waals surface area contributed by atoms with Gasteiger partial charge in [-0.2, -0.15) is 0 Å². The molecule has 0 radical (unpaired) electrons. The van der Waals surface area contributed by atoms with Crippen molar-refractivity contribution in [2.45, 2.75) is 18.4 Å². The van der Waals surface area contributed by atoms with Gasteiger partial charge in [0.25, 0.3) is 0 Å². The summed E-state index contributed by atoms with van der Waals surface area (Å²) >= 11 is 1.76. The number of fused-ring (bicyclic) bond motifs is 3. The first kappa shape index (κ1) is 12.6. The van der Waals surface area contributed by atoms with E-state index >= 15 is 0 Å².